The lowest BCUT2D eigenvalue weighted by Crippen LogP contribution is -2.22. The van der Waals surface area contributed by atoms with E-state index in [4.69, 9.17) is 23.0 Å². The van der Waals surface area contributed by atoms with Crippen LogP contribution in [0.15, 0.2) is 24.4 Å². The topological polar surface area (TPSA) is 106 Å². The number of likely N-dealkylation sites (N-methyl/N-ethyl adjacent to an activating group) is 1. The average Bonchev–Trinajstić information content (AvgIpc) is 3.32. The Kier molecular flexibility index (Phi) is 11.8. The molecule has 0 unspecified atom stereocenters. The van der Waals surface area contributed by atoms with Gasteiger partial charge in [0.2, 0.25) is 13.6 Å². The first-order valence-electron chi connectivity index (χ1n) is 14.8. The van der Waals surface area contributed by atoms with Gasteiger partial charge in [-0.2, -0.15) is 0 Å². The van der Waals surface area contributed by atoms with Crippen molar-refractivity contribution in [2.24, 2.45) is 11.8 Å². The number of rotatable bonds is 14. The molecule has 1 heterocycles. The van der Waals surface area contributed by atoms with Gasteiger partial charge in [-0.05, 0) is 70.8 Å². The van der Waals surface area contributed by atoms with E-state index in [0.29, 0.717) is 0 Å². The molecule has 228 valence electrons. The fraction of sp³-hybridized carbons (Fsp3) is 0.667. The van der Waals surface area contributed by atoms with Crippen molar-refractivity contribution in [2.75, 3.05) is 34.2 Å². The normalized spacial score (nSPS) is 17.3. The first-order valence-corrected chi connectivity index (χ1v) is 16.3. The zero-order valence-electron chi connectivity index (χ0n) is 24.7. The highest BCUT2D eigenvalue weighted by atomic mass is 31.2. The fourth-order valence-corrected chi connectivity index (χ4v) is 6.44. The van der Waals surface area contributed by atoms with Crippen LogP contribution in [0.2, 0.25) is 0 Å². The minimum atomic E-state index is -4.27. The molecule has 0 radical (unpaired) electrons. The summed E-state index contributed by atoms with van der Waals surface area (Å²) in [5.74, 6) is -1.12. The van der Waals surface area contributed by atoms with Gasteiger partial charge in [0.05, 0.1) is 17.4 Å². The Balaban J connectivity index is 1.41. The number of carbonyl (C=O) groups excluding carboxylic acids is 2. The Bertz CT molecular complexity index is 1160. The number of nitrogens with zero attached hydrogens (tertiary/aromatic N) is 2. The highest BCUT2D eigenvalue weighted by Gasteiger charge is 2.31. The molecule has 0 spiro atoms. The number of hydrogen-bond acceptors (Lipinski definition) is 9. The lowest BCUT2D eigenvalue weighted by atomic mass is 9.89. The highest BCUT2D eigenvalue weighted by Crippen LogP contribution is 2.50. The monoisotopic (exact) mass is 592 g/mol. The summed E-state index contributed by atoms with van der Waals surface area (Å²) in [7, 11) is -0.213. The number of phosphoric ester groups is 1. The standard InChI is InChI=1S/C30H45N2O8P/c1-23-14-15-28-27(18-23)26(16-17-31(2)3)19-32(28)20-38-41(35,39-21-36-29(33)24-10-6-4-7-11-24)40-22-37-30(34)25-12-8-5-9-13-25/h14-15,18-19,24-25H,4-13,16-17,20-22H2,1-3H3. The van der Waals surface area contributed by atoms with Gasteiger partial charge >= 0.3 is 19.8 Å². The number of fused-ring (bicyclic) bond motifs is 1. The molecule has 2 aromatic rings. The number of esters is 2. The zero-order chi connectivity index (χ0) is 29.2. The molecule has 10 nitrogen and oxygen atoms in total. The molecule has 11 heteroatoms. The molecule has 1 aromatic heterocycles. The van der Waals surface area contributed by atoms with Crippen LogP contribution in [-0.4, -0.2) is 55.6 Å². The lowest BCUT2D eigenvalue weighted by molar-refractivity contribution is -0.160. The summed E-state index contributed by atoms with van der Waals surface area (Å²) >= 11 is 0. The molecule has 0 amide bonds. The number of aromatic nitrogens is 1. The minimum absolute atomic E-state index is 0.133. The van der Waals surface area contributed by atoms with Crippen LogP contribution in [0, 0.1) is 18.8 Å². The number of aryl methyl sites for hydroxylation is 1. The first-order chi connectivity index (χ1) is 19.7. The summed E-state index contributed by atoms with van der Waals surface area (Å²) in [6.45, 7) is 1.62. The summed E-state index contributed by atoms with van der Waals surface area (Å²) in [5, 5.41) is 1.09. The van der Waals surface area contributed by atoms with E-state index in [9.17, 15) is 14.2 Å². The van der Waals surface area contributed by atoms with Crippen LogP contribution in [0.25, 0.3) is 10.9 Å². The van der Waals surface area contributed by atoms with Crippen molar-refractivity contribution in [1.82, 2.24) is 9.47 Å². The van der Waals surface area contributed by atoms with Crippen molar-refractivity contribution in [2.45, 2.75) is 84.3 Å². The number of carbonyl (C=O) groups is 2. The van der Waals surface area contributed by atoms with Gasteiger partial charge in [-0.25, -0.2) is 13.6 Å². The van der Waals surface area contributed by atoms with E-state index in [1.54, 1.807) is 0 Å². The second-order valence-electron chi connectivity index (χ2n) is 11.5. The molecule has 0 N–H and O–H groups in total. The van der Waals surface area contributed by atoms with E-state index in [1.165, 1.54) is 0 Å². The van der Waals surface area contributed by atoms with E-state index in [2.05, 4.69) is 11.0 Å². The molecule has 41 heavy (non-hydrogen) atoms. The predicted octanol–water partition coefficient (Wildman–Crippen LogP) is 6.33. The molecule has 1 aromatic carbocycles. The third-order valence-corrected chi connectivity index (χ3v) is 9.28. The van der Waals surface area contributed by atoms with Gasteiger partial charge in [-0.3, -0.25) is 14.1 Å². The SMILES string of the molecule is Cc1ccc2c(c1)c(CCN(C)C)cn2COP(=O)(OCOC(=O)C1CCCCC1)OCOC(=O)C1CCCCC1. The van der Waals surface area contributed by atoms with Crippen LogP contribution in [0.3, 0.4) is 0 Å². The van der Waals surface area contributed by atoms with Gasteiger partial charge in [0.1, 0.15) is 6.73 Å². The predicted molar refractivity (Wildman–Crippen MR) is 155 cm³/mol. The van der Waals surface area contributed by atoms with Gasteiger partial charge in [-0.1, -0.05) is 50.2 Å². The van der Waals surface area contributed by atoms with Crippen LogP contribution < -0.4 is 0 Å². The van der Waals surface area contributed by atoms with E-state index in [1.807, 2.05) is 43.9 Å². The summed E-state index contributed by atoms with van der Waals surface area (Å²) in [4.78, 5) is 27.1. The number of hydrogen-bond donors (Lipinski definition) is 0. The molecule has 2 fully saturated rings. The smallest absolute Gasteiger partial charge is 0.438 e. The summed E-state index contributed by atoms with van der Waals surface area (Å²) < 4.78 is 42.6. The molecular formula is C30H45N2O8P. The van der Waals surface area contributed by atoms with E-state index < -0.39 is 21.4 Å². The van der Waals surface area contributed by atoms with Crippen molar-refractivity contribution < 1.29 is 37.2 Å². The summed E-state index contributed by atoms with van der Waals surface area (Å²) in [5.41, 5.74) is 3.20. The van der Waals surface area contributed by atoms with Crippen molar-refractivity contribution in [3.63, 3.8) is 0 Å². The Hall–Kier alpha value is -2.23. The lowest BCUT2D eigenvalue weighted by Gasteiger charge is -2.22. The van der Waals surface area contributed by atoms with Crippen molar-refractivity contribution in [3.05, 3.63) is 35.5 Å². The van der Waals surface area contributed by atoms with Crippen molar-refractivity contribution in [3.8, 4) is 0 Å². The second-order valence-corrected chi connectivity index (χ2v) is 13.2. The highest BCUT2D eigenvalue weighted by molar-refractivity contribution is 7.48. The van der Waals surface area contributed by atoms with Gasteiger partial charge in [-0.15, -0.1) is 0 Å². The minimum Gasteiger partial charge on any atom is -0.438 e. The van der Waals surface area contributed by atoms with Crippen molar-refractivity contribution in [1.29, 1.82) is 0 Å². The fourth-order valence-electron chi connectivity index (χ4n) is 5.59. The molecule has 0 bridgehead atoms. The summed E-state index contributed by atoms with van der Waals surface area (Å²) in [6, 6.07) is 6.13. The molecular weight excluding hydrogens is 547 g/mol. The van der Waals surface area contributed by atoms with E-state index >= 15 is 0 Å². The second kappa shape index (κ2) is 15.3. The number of ether oxygens (including phenoxy) is 2. The molecule has 0 atom stereocenters. The molecule has 4 rings (SSSR count). The van der Waals surface area contributed by atoms with Crippen LogP contribution in [-0.2, 0) is 50.4 Å². The quantitative estimate of drug-likeness (QED) is 0.141. The van der Waals surface area contributed by atoms with Crippen molar-refractivity contribution >= 4 is 30.7 Å². The van der Waals surface area contributed by atoms with Gasteiger partial charge in [0, 0.05) is 18.1 Å². The molecule has 0 aliphatic heterocycles. The maximum Gasteiger partial charge on any atom is 0.482 e. The number of benzene rings is 1. The maximum atomic E-state index is 13.6. The van der Waals surface area contributed by atoms with Gasteiger partial charge in [0.15, 0.2) is 0 Å². The molecule has 2 aliphatic rings. The van der Waals surface area contributed by atoms with Crippen LogP contribution in [0.4, 0.5) is 0 Å². The zero-order valence-corrected chi connectivity index (χ0v) is 25.6. The van der Waals surface area contributed by atoms with Crippen LogP contribution in [0.1, 0.15) is 75.3 Å². The Labute approximate surface area is 243 Å². The Morgan fingerprint density at radius 1 is 0.878 bits per heavy atom. The molecule has 2 aliphatic carbocycles. The molecule has 0 saturated heterocycles. The third kappa shape index (κ3) is 9.38. The number of phosphoric acid groups is 1. The summed E-state index contributed by atoms with van der Waals surface area (Å²) in [6.07, 6.45) is 12.1. The Morgan fingerprint density at radius 2 is 1.44 bits per heavy atom. The van der Waals surface area contributed by atoms with Crippen LogP contribution >= 0.6 is 7.82 Å². The van der Waals surface area contributed by atoms with Gasteiger partial charge < -0.3 is 18.9 Å². The van der Waals surface area contributed by atoms with E-state index in [-0.39, 0.29) is 30.5 Å². The maximum absolute atomic E-state index is 13.6. The Morgan fingerprint density at radius 3 is 1.98 bits per heavy atom. The van der Waals surface area contributed by atoms with Gasteiger partial charge in [0.25, 0.3) is 0 Å². The average molecular weight is 593 g/mol. The van der Waals surface area contributed by atoms with Crippen LogP contribution in [0.5, 0.6) is 0 Å². The molecule has 2 saturated carbocycles. The third-order valence-electron chi connectivity index (χ3n) is 8.00. The first kappa shape index (κ1) is 31.7. The largest absolute Gasteiger partial charge is 0.482 e. The van der Waals surface area contributed by atoms with E-state index in [0.717, 1.165) is 99.2 Å².